The molecule has 0 spiro atoms. The van der Waals surface area contributed by atoms with E-state index in [2.05, 4.69) is 31.3 Å². The summed E-state index contributed by atoms with van der Waals surface area (Å²) in [7, 11) is 1.32. The molecule has 0 aromatic carbocycles. The van der Waals surface area contributed by atoms with E-state index in [1.54, 1.807) is 0 Å². The number of hydrogen-bond acceptors (Lipinski definition) is 6. The van der Waals surface area contributed by atoms with E-state index in [-0.39, 0.29) is 19.1 Å². The van der Waals surface area contributed by atoms with Crippen LogP contribution in [0.3, 0.4) is 0 Å². The SMILES string of the molecule is CCCCCCCCC/C=C\CCCCCCCCCC(=O)NC(COP(=O)([O-])OCC[N+](C)(C)C)C(O)CCCCCCCCCCCCCCCCCCCCCCCCCCCCCCCCCC. The molecule has 430 valence electrons. The minimum atomic E-state index is -4.57. The van der Waals surface area contributed by atoms with Crippen LogP contribution in [0.4, 0.5) is 0 Å². The molecule has 0 fully saturated rings. The van der Waals surface area contributed by atoms with Crippen molar-refractivity contribution in [2.24, 2.45) is 0 Å². The Morgan fingerprint density at radius 2 is 0.764 bits per heavy atom. The Labute approximate surface area is 450 Å². The summed E-state index contributed by atoms with van der Waals surface area (Å²) >= 11 is 0. The molecule has 3 unspecified atom stereocenters. The number of allylic oxidation sites excluding steroid dienone is 2. The molecule has 0 aliphatic carbocycles. The zero-order chi connectivity index (χ0) is 52.7. The number of aliphatic hydroxyl groups is 1. The molecular formula is C63H127N2O6P. The first-order valence-electron chi connectivity index (χ1n) is 32.0. The lowest BCUT2D eigenvalue weighted by Crippen LogP contribution is -2.46. The van der Waals surface area contributed by atoms with Crippen LogP contribution in [0.2, 0.25) is 0 Å². The highest BCUT2D eigenvalue weighted by Gasteiger charge is 2.24. The van der Waals surface area contributed by atoms with Gasteiger partial charge in [0.05, 0.1) is 39.9 Å². The van der Waals surface area contributed by atoms with Crippen LogP contribution in [-0.2, 0) is 18.4 Å². The number of quaternary nitrogens is 1. The predicted octanol–water partition coefficient (Wildman–Crippen LogP) is 19.1. The number of likely N-dealkylation sites (N-methyl/N-ethyl adjacent to an activating group) is 1. The maximum absolute atomic E-state index is 13.0. The highest BCUT2D eigenvalue weighted by molar-refractivity contribution is 7.45. The lowest BCUT2D eigenvalue weighted by molar-refractivity contribution is -0.870. The third-order valence-electron chi connectivity index (χ3n) is 15.0. The molecule has 2 N–H and O–H groups in total. The van der Waals surface area contributed by atoms with Crippen molar-refractivity contribution in [1.29, 1.82) is 0 Å². The number of phosphoric ester groups is 1. The summed E-state index contributed by atoms with van der Waals surface area (Å²) in [5.41, 5.74) is 0. The fourth-order valence-corrected chi connectivity index (χ4v) is 10.7. The van der Waals surface area contributed by atoms with Crippen molar-refractivity contribution < 1.29 is 32.9 Å². The van der Waals surface area contributed by atoms with Gasteiger partial charge in [0.1, 0.15) is 13.2 Å². The van der Waals surface area contributed by atoms with E-state index in [9.17, 15) is 19.4 Å². The minimum absolute atomic E-state index is 0.0139. The fourth-order valence-electron chi connectivity index (χ4n) is 9.98. The van der Waals surface area contributed by atoms with Gasteiger partial charge in [-0.2, -0.15) is 0 Å². The van der Waals surface area contributed by atoms with E-state index < -0.39 is 20.0 Å². The molecule has 0 aliphatic rings. The van der Waals surface area contributed by atoms with Crippen molar-refractivity contribution in [3.8, 4) is 0 Å². The monoisotopic (exact) mass is 1040 g/mol. The number of amides is 1. The molecule has 3 atom stereocenters. The van der Waals surface area contributed by atoms with Crippen LogP contribution in [0.1, 0.15) is 335 Å². The largest absolute Gasteiger partial charge is 0.756 e. The average Bonchev–Trinajstić information content (AvgIpc) is 3.34. The van der Waals surface area contributed by atoms with Crippen LogP contribution in [-0.4, -0.2) is 68.5 Å². The second-order valence-electron chi connectivity index (χ2n) is 23.5. The van der Waals surface area contributed by atoms with E-state index in [0.717, 1.165) is 38.5 Å². The highest BCUT2D eigenvalue weighted by atomic mass is 31.2. The first kappa shape index (κ1) is 71.2. The van der Waals surface area contributed by atoms with Crippen molar-refractivity contribution in [3.05, 3.63) is 12.2 Å². The molecule has 1 amide bonds. The molecule has 0 heterocycles. The maximum Gasteiger partial charge on any atom is 0.268 e. The molecule has 72 heavy (non-hydrogen) atoms. The van der Waals surface area contributed by atoms with Gasteiger partial charge in [0.25, 0.3) is 7.82 Å². The van der Waals surface area contributed by atoms with E-state index in [0.29, 0.717) is 23.9 Å². The van der Waals surface area contributed by atoms with E-state index in [1.165, 1.54) is 270 Å². The highest BCUT2D eigenvalue weighted by Crippen LogP contribution is 2.38. The Balaban J connectivity index is 4.00. The summed E-state index contributed by atoms with van der Waals surface area (Å²) in [6.07, 6.45) is 68.4. The Morgan fingerprint density at radius 1 is 0.472 bits per heavy atom. The lowest BCUT2D eigenvalue weighted by atomic mass is 10.0. The number of nitrogens with one attached hydrogen (secondary N) is 1. The third kappa shape index (κ3) is 57.0. The van der Waals surface area contributed by atoms with Gasteiger partial charge in [-0.15, -0.1) is 0 Å². The summed E-state index contributed by atoms with van der Waals surface area (Å²) in [6, 6.07) is -0.801. The van der Waals surface area contributed by atoms with Gasteiger partial charge in [-0.25, -0.2) is 0 Å². The predicted molar refractivity (Wildman–Crippen MR) is 312 cm³/mol. The fraction of sp³-hybridized carbons (Fsp3) is 0.952. The van der Waals surface area contributed by atoms with Gasteiger partial charge >= 0.3 is 0 Å². The number of carbonyl (C=O) groups is 1. The Hall–Kier alpha value is -0.760. The van der Waals surface area contributed by atoms with Gasteiger partial charge in [-0.1, -0.05) is 302 Å². The summed E-state index contributed by atoms with van der Waals surface area (Å²) in [6.45, 7) is 4.77. The number of unbranched alkanes of at least 4 members (excludes halogenated alkanes) is 45. The molecule has 0 saturated carbocycles. The van der Waals surface area contributed by atoms with Crippen LogP contribution in [0.25, 0.3) is 0 Å². The van der Waals surface area contributed by atoms with Crippen molar-refractivity contribution in [1.82, 2.24) is 5.32 Å². The zero-order valence-corrected chi connectivity index (χ0v) is 50.1. The number of rotatable bonds is 60. The topological polar surface area (TPSA) is 108 Å². The van der Waals surface area contributed by atoms with Crippen molar-refractivity contribution in [2.75, 3.05) is 40.9 Å². The minimum Gasteiger partial charge on any atom is -0.756 e. The number of phosphoric acid groups is 1. The summed E-state index contributed by atoms with van der Waals surface area (Å²) in [4.78, 5) is 25.6. The van der Waals surface area contributed by atoms with Gasteiger partial charge in [0.2, 0.25) is 5.91 Å². The Morgan fingerprint density at radius 3 is 1.08 bits per heavy atom. The molecule has 0 aromatic heterocycles. The molecule has 0 aromatic rings. The molecule has 0 saturated heterocycles. The first-order chi connectivity index (χ1) is 35.0. The molecule has 0 rings (SSSR count). The van der Waals surface area contributed by atoms with Gasteiger partial charge in [-0.3, -0.25) is 9.36 Å². The third-order valence-corrected chi connectivity index (χ3v) is 16.0. The van der Waals surface area contributed by atoms with Gasteiger partial charge in [0, 0.05) is 6.42 Å². The quantitative estimate of drug-likeness (QED) is 0.0272. The van der Waals surface area contributed by atoms with E-state index in [1.807, 2.05) is 21.1 Å². The summed E-state index contributed by atoms with van der Waals surface area (Å²) < 4.78 is 23.5. The normalized spacial score (nSPS) is 13.8. The molecule has 9 heteroatoms. The maximum atomic E-state index is 13.0. The summed E-state index contributed by atoms with van der Waals surface area (Å²) in [5, 5.41) is 14.1. The van der Waals surface area contributed by atoms with Crippen LogP contribution < -0.4 is 10.2 Å². The van der Waals surface area contributed by atoms with E-state index >= 15 is 0 Å². The van der Waals surface area contributed by atoms with Crippen molar-refractivity contribution in [3.63, 3.8) is 0 Å². The van der Waals surface area contributed by atoms with Crippen LogP contribution in [0.15, 0.2) is 12.2 Å². The number of aliphatic hydroxyl groups excluding tert-OH is 1. The van der Waals surface area contributed by atoms with E-state index in [4.69, 9.17) is 9.05 Å². The van der Waals surface area contributed by atoms with Crippen molar-refractivity contribution in [2.45, 2.75) is 347 Å². The van der Waals surface area contributed by atoms with Crippen LogP contribution >= 0.6 is 7.82 Å². The molecular weight excluding hydrogens is 912 g/mol. The molecule has 0 aliphatic heterocycles. The number of carbonyl (C=O) groups excluding carboxylic acids is 1. The van der Waals surface area contributed by atoms with Gasteiger partial charge in [-0.05, 0) is 38.5 Å². The Kier molecular flexibility index (Phi) is 54.4. The van der Waals surface area contributed by atoms with Crippen LogP contribution in [0, 0.1) is 0 Å². The average molecular weight is 1040 g/mol. The number of nitrogens with zero attached hydrogens (tertiary/aromatic N) is 1. The standard InChI is InChI=1S/C63H127N2O6P/c1-6-8-10-12-14-16-18-20-22-24-26-27-28-29-30-31-32-33-34-35-36-37-38-39-40-42-44-46-48-50-52-54-56-62(66)61(60-71-72(68,69)70-59-58-65(3,4)5)64-63(67)57-55-53-51-49-47-45-43-41-25-23-21-19-17-15-13-11-9-7-2/h23,25,61-62,66H,6-22,24,26-60H2,1-5H3,(H-,64,67,68,69)/b25-23-. The van der Waals surface area contributed by atoms with Gasteiger partial charge < -0.3 is 28.8 Å². The molecule has 8 nitrogen and oxygen atoms in total. The lowest BCUT2D eigenvalue weighted by Gasteiger charge is -2.30. The summed E-state index contributed by atoms with van der Waals surface area (Å²) in [5.74, 6) is -0.163. The number of hydrogen-bond donors (Lipinski definition) is 2. The molecule has 0 bridgehead atoms. The zero-order valence-electron chi connectivity index (χ0n) is 49.2. The smallest absolute Gasteiger partial charge is 0.268 e. The molecule has 0 radical (unpaired) electrons. The van der Waals surface area contributed by atoms with Crippen molar-refractivity contribution >= 4 is 13.7 Å². The van der Waals surface area contributed by atoms with Crippen LogP contribution in [0.5, 0.6) is 0 Å². The van der Waals surface area contributed by atoms with Gasteiger partial charge in [0.15, 0.2) is 0 Å². The second-order valence-corrected chi connectivity index (χ2v) is 24.9. The second kappa shape index (κ2) is 55.0. The Bertz CT molecular complexity index is 1180. The first-order valence-corrected chi connectivity index (χ1v) is 33.5.